The fraction of sp³-hybridized carbons (Fsp3) is 0.895. The average molecular weight is 290 g/mol. The molecule has 1 saturated carbocycles. The fourth-order valence-electron chi connectivity index (χ4n) is 4.59. The highest BCUT2D eigenvalue weighted by atomic mass is 15.2. The summed E-state index contributed by atoms with van der Waals surface area (Å²) in [6.45, 7) is 10.7. The Morgan fingerprint density at radius 3 is 2.67 bits per heavy atom. The minimum Gasteiger partial charge on any atom is -0.310 e. The molecule has 3 rings (SSSR count). The lowest BCUT2D eigenvalue weighted by molar-refractivity contribution is 0.145. The van der Waals surface area contributed by atoms with Crippen molar-refractivity contribution in [2.75, 3.05) is 19.6 Å². The van der Waals surface area contributed by atoms with E-state index in [4.69, 9.17) is 0 Å². The lowest BCUT2D eigenvalue weighted by Crippen LogP contribution is -2.53. The smallest absolute Gasteiger partial charge is 0.0197 e. The zero-order valence-corrected chi connectivity index (χ0v) is 14.3. The Balaban J connectivity index is 1.49. The Morgan fingerprint density at radius 2 is 1.95 bits per heavy atom. The molecule has 0 aromatic heterocycles. The van der Waals surface area contributed by atoms with Gasteiger partial charge in [-0.1, -0.05) is 45.3 Å². The molecule has 0 spiro atoms. The molecule has 3 aliphatic rings. The van der Waals surface area contributed by atoms with Crippen molar-refractivity contribution in [3.05, 3.63) is 11.6 Å². The molecule has 0 aromatic rings. The molecule has 1 aliphatic carbocycles. The van der Waals surface area contributed by atoms with Gasteiger partial charge in [-0.2, -0.15) is 0 Å². The summed E-state index contributed by atoms with van der Waals surface area (Å²) in [5, 5.41) is 3.98. The number of fused-ring (bicyclic) bond motifs is 1. The highest BCUT2D eigenvalue weighted by Gasteiger charge is 2.32. The molecule has 0 aromatic carbocycles. The van der Waals surface area contributed by atoms with Crippen LogP contribution >= 0.6 is 0 Å². The first-order valence-corrected chi connectivity index (χ1v) is 9.20. The molecule has 0 bridgehead atoms. The van der Waals surface area contributed by atoms with Gasteiger partial charge in [0.15, 0.2) is 0 Å². The van der Waals surface area contributed by atoms with Crippen LogP contribution in [0.15, 0.2) is 11.6 Å². The summed E-state index contributed by atoms with van der Waals surface area (Å²) in [5.74, 6) is 0.990. The predicted molar refractivity (Wildman–Crippen MR) is 90.5 cm³/mol. The zero-order valence-electron chi connectivity index (χ0n) is 14.3. The lowest BCUT2D eigenvalue weighted by atomic mass is 9.77. The van der Waals surface area contributed by atoms with Crippen LogP contribution in [-0.2, 0) is 0 Å². The van der Waals surface area contributed by atoms with E-state index in [9.17, 15) is 0 Å². The Morgan fingerprint density at radius 1 is 1.14 bits per heavy atom. The summed E-state index contributed by atoms with van der Waals surface area (Å²) in [6.07, 6.45) is 12.5. The summed E-state index contributed by atoms with van der Waals surface area (Å²) in [5.41, 5.74) is 2.02. The molecule has 2 aliphatic heterocycles. The van der Waals surface area contributed by atoms with E-state index in [2.05, 4.69) is 37.1 Å². The monoisotopic (exact) mass is 290 g/mol. The molecule has 1 saturated heterocycles. The minimum absolute atomic E-state index is 0.366. The van der Waals surface area contributed by atoms with Crippen LogP contribution in [-0.4, -0.2) is 36.6 Å². The molecule has 2 fully saturated rings. The van der Waals surface area contributed by atoms with Gasteiger partial charge >= 0.3 is 0 Å². The van der Waals surface area contributed by atoms with Gasteiger partial charge in [0.25, 0.3) is 0 Å². The molecule has 21 heavy (non-hydrogen) atoms. The van der Waals surface area contributed by atoms with Gasteiger partial charge in [0.2, 0.25) is 0 Å². The molecule has 3 unspecified atom stereocenters. The van der Waals surface area contributed by atoms with Crippen molar-refractivity contribution >= 4 is 0 Å². The molecule has 2 nitrogen and oxygen atoms in total. The van der Waals surface area contributed by atoms with Gasteiger partial charge in [0.05, 0.1) is 0 Å². The number of nitrogens with zero attached hydrogens (tertiary/aromatic N) is 1. The van der Waals surface area contributed by atoms with E-state index < -0.39 is 0 Å². The van der Waals surface area contributed by atoms with Crippen molar-refractivity contribution in [1.82, 2.24) is 10.2 Å². The van der Waals surface area contributed by atoms with Crippen LogP contribution in [0.5, 0.6) is 0 Å². The third kappa shape index (κ3) is 3.90. The molecule has 0 radical (unpaired) electrons. The molecular formula is C19H34N2. The van der Waals surface area contributed by atoms with Crippen molar-refractivity contribution in [2.24, 2.45) is 11.3 Å². The van der Waals surface area contributed by atoms with Crippen molar-refractivity contribution in [3.63, 3.8) is 0 Å². The van der Waals surface area contributed by atoms with Crippen molar-refractivity contribution < 1.29 is 0 Å². The molecular weight excluding hydrogens is 256 g/mol. The van der Waals surface area contributed by atoms with E-state index in [1.54, 1.807) is 5.57 Å². The summed E-state index contributed by atoms with van der Waals surface area (Å²) < 4.78 is 0. The first kappa shape index (κ1) is 15.6. The maximum absolute atomic E-state index is 3.98. The van der Waals surface area contributed by atoms with Crippen molar-refractivity contribution in [1.29, 1.82) is 0 Å². The zero-order chi connectivity index (χ0) is 14.9. The van der Waals surface area contributed by atoms with Gasteiger partial charge < -0.3 is 5.32 Å². The largest absolute Gasteiger partial charge is 0.310 e. The Bertz CT molecular complexity index is 380. The number of nitrogens with one attached hydrogen (secondary N) is 1. The topological polar surface area (TPSA) is 15.3 Å². The lowest BCUT2D eigenvalue weighted by Gasteiger charge is -2.42. The molecule has 0 amide bonds. The second-order valence-corrected chi connectivity index (χ2v) is 8.58. The van der Waals surface area contributed by atoms with E-state index in [1.807, 2.05) is 0 Å². The SMILES string of the molecule is CC(C)(C)C1=CCN(CC2CCC3CCCCC3N2)CC1. The van der Waals surface area contributed by atoms with Gasteiger partial charge in [-0.05, 0) is 43.4 Å². The third-order valence-electron chi connectivity index (χ3n) is 5.98. The molecule has 3 atom stereocenters. The number of hydrogen-bond donors (Lipinski definition) is 1. The van der Waals surface area contributed by atoms with Crippen LogP contribution in [0.3, 0.4) is 0 Å². The maximum atomic E-state index is 3.98. The standard InChI is InChI=1S/C19H34N2/c1-19(2,3)16-10-12-21(13-11-16)14-17-9-8-15-6-4-5-7-18(15)20-17/h10,15,17-18,20H,4-9,11-14H2,1-3H3. The summed E-state index contributed by atoms with van der Waals surface area (Å²) in [6, 6.07) is 1.58. The summed E-state index contributed by atoms with van der Waals surface area (Å²) >= 11 is 0. The predicted octanol–water partition coefficient (Wildman–Crippen LogP) is 3.98. The van der Waals surface area contributed by atoms with E-state index >= 15 is 0 Å². The van der Waals surface area contributed by atoms with Crippen LogP contribution in [0.1, 0.15) is 65.7 Å². The van der Waals surface area contributed by atoms with E-state index in [1.165, 1.54) is 64.6 Å². The van der Waals surface area contributed by atoms with Crippen LogP contribution < -0.4 is 5.32 Å². The quantitative estimate of drug-likeness (QED) is 0.774. The van der Waals surface area contributed by atoms with E-state index in [0.717, 1.165) is 18.0 Å². The average Bonchev–Trinajstić information content (AvgIpc) is 2.47. The van der Waals surface area contributed by atoms with E-state index in [-0.39, 0.29) is 0 Å². The second kappa shape index (κ2) is 6.42. The van der Waals surface area contributed by atoms with Gasteiger partial charge in [0, 0.05) is 31.7 Å². The van der Waals surface area contributed by atoms with Crippen LogP contribution in [0, 0.1) is 11.3 Å². The normalized spacial score (nSPS) is 35.2. The minimum atomic E-state index is 0.366. The number of piperidine rings is 1. The third-order valence-corrected chi connectivity index (χ3v) is 5.98. The number of hydrogen-bond acceptors (Lipinski definition) is 2. The highest BCUT2D eigenvalue weighted by molar-refractivity contribution is 5.14. The maximum Gasteiger partial charge on any atom is 0.0197 e. The fourth-order valence-corrected chi connectivity index (χ4v) is 4.59. The van der Waals surface area contributed by atoms with E-state index in [0.29, 0.717) is 5.41 Å². The summed E-state index contributed by atoms with van der Waals surface area (Å²) in [4.78, 5) is 2.66. The molecule has 120 valence electrons. The highest BCUT2D eigenvalue weighted by Crippen LogP contribution is 2.33. The van der Waals surface area contributed by atoms with Gasteiger partial charge in [-0.15, -0.1) is 0 Å². The molecule has 2 heterocycles. The second-order valence-electron chi connectivity index (χ2n) is 8.58. The van der Waals surface area contributed by atoms with Crippen molar-refractivity contribution in [2.45, 2.75) is 77.8 Å². The van der Waals surface area contributed by atoms with Crippen LogP contribution in [0.25, 0.3) is 0 Å². The number of rotatable bonds is 2. The van der Waals surface area contributed by atoms with Crippen LogP contribution in [0.4, 0.5) is 0 Å². The summed E-state index contributed by atoms with van der Waals surface area (Å²) in [7, 11) is 0. The van der Waals surface area contributed by atoms with Gasteiger partial charge in [-0.25, -0.2) is 0 Å². The van der Waals surface area contributed by atoms with Crippen molar-refractivity contribution in [3.8, 4) is 0 Å². The Hall–Kier alpha value is -0.340. The first-order chi connectivity index (χ1) is 10.0. The van der Waals surface area contributed by atoms with Gasteiger partial charge in [0.1, 0.15) is 0 Å². The Kier molecular flexibility index (Phi) is 4.75. The molecule has 2 heteroatoms. The first-order valence-electron chi connectivity index (χ1n) is 9.20. The Labute approximate surface area is 131 Å². The van der Waals surface area contributed by atoms with Gasteiger partial charge in [-0.3, -0.25) is 4.90 Å². The molecule has 1 N–H and O–H groups in total. The van der Waals surface area contributed by atoms with Crippen LogP contribution in [0.2, 0.25) is 0 Å².